The number of aromatic amines is 1. The van der Waals surface area contributed by atoms with Crippen LogP contribution in [0, 0.1) is 5.92 Å². The molecule has 1 amide bonds. The van der Waals surface area contributed by atoms with E-state index in [4.69, 9.17) is 5.73 Å². The molecule has 134 valence electrons. The van der Waals surface area contributed by atoms with Crippen molar-refractivity contribution in [1.29, 1.82) is 0 Å². The molecule has 26 heavy (non-hydrogen) atoms. The fourth-order valence-corrected chi connectivity index (χ4v) is 3.61. The average molecular weight is 351 g/mol. The lowest BCUT2D eigenvalue weighted by Gasteiger charge is -2.24. The Labute approximate surface area is 150 Å². The Morgan fingerprint density at radius 2 is 2.23 bits per heavy atom. The van der Waals surface area contributed by atoms with Gasteiger partial charge in [0.25, 0.3) is 11.5 Å². The van der Waals surface area contributed by atoms with Gasteiger partial charge in [-0.25, -0.2) is 0 Å². The molecule has 7 heteroatoms. The summed E-state index contributed by atoms with van der Waals surface area (Å²) < 4.78 is 1.87. The van der Waals surface area contributed by atoms with Crippen molar-refractivity contribution in [2.24, 2.45) is 11.7 Å². The molecular weight excluding hydrogens is 330 g/mol. The lowest BCUT2D eigenvalue weighted by atomic mass is 9.94. The molecule has 1 aliphatic heterocycles. The number of rotatable bonds is 5. The fraction of sp³-hybridized carbons (Fsp3) is 0.316. The first-order valence-corrected chi connectivity index (χ1v) is 8.78. The molecule has 3 aromatic rings. The molecule has 1 unspecified atom stereocenters. The standard InChI is InChI=1S/C19H21N5O2/c20-18(25)15-11-22-24-6-5-12(7-17(15)24)9-21-10-14-8-13-3-1-2-4-16(13)23-19(14)26/h1-4,8,11-12,21H,5-7,9-10H2,(H2,20,25)(H,23,26). The number of nitrogens with two attached hydrogens (primary N) is 1. The van der Waals surface area contributed by atoms with Crippen LogP contribution in [0.15, 0.2) is 41.3 Å². The highest BCUT2D eigenvalue weighted by atomic mass is 16.1. The predicted octanol–water partition coefficient (Wildman–Crippen LogP) is 1.18. The van der Waals surface area contributed by atoms with Crippen molar-refractivity contribution < 1.29 is 4.79 Å². The Morgan fingerprint density at radius 3 is 3.08 bits per heavy atom. The Balaban J connectivity index is 1.41. The number of benzene rings is 1. The first kappa shape index (κ1) is 16.5. The topological polar surface area (TPSA) is 106 Å². The maximum Gasteiger partial charge on any atom is 0.252 e. The van der Waals surface area contributed by atoms with E-state index in [-0.39, 0.29) is 5.56 Å². The summed E-state index contributed by atoms with van der Waals surface area (Å²) in [6.07, 6.45) is 3.30. The summed E-state index contributed by atoms with van der Waals surface area (Å²) >= 11 is 0. The quantitative estimate of drug-likeness (QED) is 0.642. The van der Waals surface area contributed by atoms with Gasteiger partial charge in [0.05, 0.1) is 17.5 Å². The summed E-state index contributed by atoms with van der Waals surface area (Å²) in [6.45, 7) is 2.07. The predicted molar refractivity (Wildman–Crippen MR) is 98.8 cm³/mol. The minimum atomic E-state index is -0.428. The molecule has 4 rings (SSSR count). The highest BCUT2D eigenvalue weighted by Gasteiger charge is 2.24. The summed E-state index contributed by atoms with van der Waals surface area (Å²) in [5.41, 5.74) is 8.36. The number of aromatic nitrogens is 3. The van der Waals surface area contributed by atoms with Crippen molar-refractivity contribution in [2.75, 3.05) is 6.54 Å². The molecule has 0 radical (unpaired) electrons. The molecule has 3 heterocycles. The lowest BCUT2D eigenvalue weighted by Crippen LogP contribution is -2.31. The summed E-state index contributed by atoms with van der Waals surface area (Å²) in [6, 6.07) is 9.68. The van der Waals surface area contributed by atoms with E-state index in [1.807, 2.05) is 35.0 Å². The molecule has 0 saturated heterocycles. The number of pyridine rings is 1. The first-order chi connectivity index (χ1) is 12.6. The number of carbonyl (C=O) groups excluding carboxylic acids is 1. The zero-order chi connectivity index (χ0) is 18.1. The van der Waals surface area contributed by atoms with Crippen molar-refractivity contribution in [3.8, 4) is 0 Å². The van der Waals surface area contributed by atoms with Crippen LogP contribution in [0.5, 0.6) is 0 Å². The lowest BCUT2D eigenvalue weighted by molar-refractivity contribution is 0.0998. The van der Waals surface area contributed by atoms with Gasteiger partial charge in [-0.3, -0.25) is 14.3 Å². The number of hydrogen-bond donors (Lipinski definition) is 3. The molecular formula is C19H21N5O2. The molecule has 2 aromatic heterocycles. The highest BCUT2D eigenvalue weighted by Crippen LogP contribution is 2.22. The summed E-state index contributed by atoms with van der Waals surface area (Å²) in [4.78, 5) is 26.6. The van der Waals surface area contributed by atoms with E-state index >= 15 is 0 Å². The van der Waals surface area contributed by atoms with Crippen LogP contribution < -0.4 is 16.6 Å². The van der Waals surface area contributed by atoms with Gasteiger partial charge in [-0.05, 0) is 42.8 Å². The fourth-order valence-electron chi connectivity index (χ4n) is 3.61. The van der Waals surface area contributed by atoms with Gasteiger partial charge in [0.15, 0.2) is 0 Å². The van der Waals surface area contributed by atoms with Gasteiger partial charge in [0.1, 0.15) is 0 Å². The third-order valence-electron chi connectivity index (χ3n) is 5.02. The van der Waals surface area contributed by atoms with Gasteiger partial charge < -0.3 is 16.0 Å². The molecule has 0 saturated carbocycles. The van der Waals surface area contributed by atoms with E-state index < -0.39 is 5.91 Å². The van der Waals surface area contributed by atoms with Gasteiger partial charge in [-0.2, -0.15) is 5.10 Å². The van der Waals surface area contributed by atoms with Crippen molar-refractivity contribution in [2.45, 2.75) is 25.9 Å². The van der Waals surface area contributed by atoms with Crippen LogP contribution in [-0.4, -0.2) is 27.2 Å². The molecule has 0 aliphatic carbocycles. The van der Waals surface area contributed by atoms with Crippen molar-refractivity contribution in [1.82, 2.24) is 20.1 Å². The summed E-state index contributed by atoms with van der Waals surface area (Å²) in [7, 11) is 0. The van der Waals surface area contributed by atoms with E-state index in [2.05, 4.69) is 15.4 Å². The van der Waals surface area contributed by atoms with Crippen LogP contribution in [0.3, 0.4) is 0 Å². The van der Waals surface area contributed by atoms with Gasteiger partial charge in [-0.15, -0.1) is 0 Å². The Kier molecular flexibility index (Phi) is 4.30. The number of hydrogen-bond acceptors (Lipinski definition) is 4. The summed E-state index contributed by atoms with van der Waals surface area (Å²) in [5.74, 6) is -0.0422. The number of amides is 1. The van der Waals surface area contributed by atoms with Crippen molar-refractivity contribution >= 4 is 16.8 Å². The number of nitrogens with zero attached hydrogens (tertiary/aromatic N) is 2. The van der Waals surface area contributed by atoms with Gasteiger partial charge in [0.2, 0.25) is 0 Å². The van der Waals surface area contributed by atoms with Crippen molar-refractivity contribution in [3.63, 3.8) is 0 Å². The molecule has 1 atom stereocenters. The minimum Gasteiger partial charge on any atom is -0.365 e. The van der Waals surface area contributed by atoms with Crippen LogP contribution in [-0.2, 0) is 19.5 Å². The molecule has 0 bridgehead atoms. The Hall–Kier alpha value is -2.93. The van der Waals surface area contributed by atoms with E-state index in [0.29, 0.717) is 18.0 Å². The van der Waals surface area contributed by atoms with E-state index in [1.165, 1.54) is 0 Å². The van der Waals surface area contributed by atoms with Crippen LogP contribution >= 0.6 is 0 Å². The second-order valence-electron chi connectivity index (χ2n) is 6.79. The number of H-pyrrole nitrogens is 1. The van der Waals surface area contributed by atoms with Crippen molar-refractivity contribution in [3.05, 3.63) is 63.7 Å². The van der Waals surface area contributed by atoms with Crippen LogP contribution in [0.1, 0.15) is 28.0 Å². The number of nitrogens with one attached hydrogen (secondary N) is 2. The second kappa shape index (κ2) is 6.76. The van der Waals surface area contributed by atoms with E-state index in [1.54, 1.807) is 6.20 Å². The van der Waals surface area contributed by atoms with Crippen LogP contribution in [0.25, 0.3) is 10.9 Å². The third-order valence-corrected chi connectivity index (χ3v) is 5.02. The molecule has 1 aromatic carbocycles. The van der Waals surface area contributed by atoms with Gasteiger partial charge in [0, 0.05) is 24.2 Å². The maximum absolute atomic E-state index is 12.2. The minimum absolute atomic E-state index is 0.0612. The number of carbonyl (C=O) groups is 1. The van der Waals surface area contributed by atoms with Crippen LogP contribution in [0.4, 0.5) is 0 Å². The second-order valence-corrected chi connectivity index (χ2v) is 6.79. The van der Waals surface area contributed by atoms with Gasteiger partial charge >= 0.3 is 0 Å². The molecule has 0 spiro atoms. The average Bonchev–Trinajstić information content (AvgIpc) is 3.05. The zero-order valence-corrected chi connectivity index (χ0v) is 14.4. The number of aryl methyl sites for hydroxylation is 1. The normalized spacial score (nSPS) is 16.5. The van der Waals surface area contributed by atoms with E-state index in [0.717, 1.165) is 48.1 Å². The Bertz CT molecular complexity index is 1020. The maximum atomic E-state index is 12.2. The largest absolute Gasteiger partial charge is 0.365 e. The van der Waals surface area contributed by atoms with Gasteiger partial charge in [-0.1, -0.05) is 18.2 Å². The van der Waals surface area contributed by atoms with E-state index in [9.17, 15) is 9.59 Å². The monoisotopic (exact) mass is 351 g/mol. The first-order valence-electron chi connectivity index (χ1n) is 8.78. The smallest absolute Gasteiger partial charge is 0.252 e. The molecule has 0 fully saturated rings. The number of para-hydroxylation sites is 1. The summed E-state index contributed by atoms with van der Waals surface area (Å²) in [5, 5.41) is 8.64. The SMILES string of the molecule is NC(=O)c1cnn2c1CC(CNCc1cc3ccccc3[nH]c1=O)CC2. The molecule has 4 N–H and O–H groups in total. The number of fused-ring (bicyclic) bond motifs is 2. The number of primary amides is 1. The Morgan fingerprint density at radius 1 is 1.38 bits per heavy atom. The molecule has 1 aliphatic rings. The zero-order valence-electron chi connectivity index (χ0n) is 14.4. The van der Waals surface area contributed by atoms with Crippen LogP contribution in [0.2, 0.25) is 0 Å². The third kappa shape index (κ3) is 3.13. The molecule has 7 nitrogen and oxygen atoms in total. The highest BCUT2D eigenvalue weighted by molar-refractivity contribution is 5.93.